The van der Waals surface area contributed by atoms with Gasteiger partial charge in [-0.3, -0.25) is 0 Å². The topological polar surface area (TPSA) is 49.4 Å². The summed E-state index contributed by atoms with van der Waals surface area (Å²) in [6.45, 7) is 3.36. The fraction of sp³-hybridized carbons (Fsp3) is 0.647. The van der Waals surface area contributed by atoms with Crippen LogP contribution in [0.15, 0.2) is 23.1 Å². The molecule has 2 unspecified atom stereocenters. The van der Waals surface area contributed by atoms with E-state index in [0.29, 0.717) is 29.8 Å². The lowest BCUT2D eigenvalue weighted by atomic mass is 9.90. The molecule has 0 bridgehead atoms. The number of piperidine rings is 1. The van der Waals surface area contributed by atoms with E-state index in [1.54, 1.807) is 4.31 Å². The van der Waals surface area contributed by atoms with Gasteiger partial charge in [-0.05, 0) is 80.3 Å². The molecular weight excluding hydrogens is 332 g/mol. The van der Waals surface area contributed by atoms with Gasteiger partial charge in [0.15, 0.2) is 0 Å². The maximum atomic E-state index is 13.0. The summed E-state index contributed by atoms with van der Waals surface area (Å²) in [5.41, 5.74) is 2.58. The molecule has 4 rings (SSSR count). The molecule has 2 saturated heterocycles. The lowest BCUT2D eigenvalue weighted by Crippen LogP contribution is -2.43. The summed E-state index contributed by atoms with van der Waals surface area (Å²) in [5, 5.41) is 3.40. The fourth-order valence-electron chi connectivity index (χ4n) is 4.24. The maximum Gasteiger partial charge on any atom is 0.243 e. The molecule has 1 aliphatic carbocycles. The van der Waals surface area contributed by atoms with Crippen LogP contribution in [0.3, 0.4) is 0 Å². The van der Waals surface area contributed by atoms with Crippen LogP contribution in [0.5, 0.6) is 0 Å². The third-order valence-corrected chi connectivity index (χ3v) is 7.49. The summed E-state index contributed by atoms with van der Waals surface area (Å²) >= 11 is 0. The second-order valence-corrected chi connectivity index (χ2v) is 8.91. The monoisotopic (exact) mass is 356 g/mol. The summed E-state index contributed by atoms with van der Waals surface area (Å²) in [4.78, 5) is 0.498. The van der Waals surface area contributed by atoms with Crippen LogP contribution in [0.2, 0.25) is 0 Å². The van der Waals surface area contributed by atoms with E-state index in [-0.39, 0.29) is 12.4 Å². The molecule has 0 aromatic heterocycles. The molecule has 128 valence electrons. The quantitative estimate of drug-likeness (QED) is 0.884. The van der Waals surface area contributed by atoms with Crippen molar-refractivity contribution in [1.82, 2.24) is 9.62 Å². The molecule has 23 heavy (non-hydrogen) atoms. The van der Waals surface area contributed by atoms with Crippen LogP contribution in [0, 0.1) is 11.8 Å². The summed E-state index contributed by atoms with van der Waals surface area (Å²) in [6.07, 6.45) is 5.50. The number of fused-ring (bicyclic) bond motifs is 2. The third-order valence-electron chi connectivity index (χ3n) is 5.62. The number of aryl methyl sites for hydroxylation is 2. The van der Waals surface area contributed by atoms with E-state index in [2.05, 4.69) is 5.32 Å². The minimum Gasteiger partial charge on any atom is -0.316 e. The van der Waals surface area contributed by atoms with Crippen molar-refractivity contribution in [2.24, 2.45) is 11.8 Å². The molecule has 1 aromatic carbocycles. The number of nitrogens with one attached hydrogen (secondary N) is 1. The Labute approximate surface area is 145 Å². The molecule has 1 aromatic rings. The minimum atomic E-state index is -3.33. The number of sulfonamides is 1. The predicted molar refractivity (Wildman–Crippen MR) is 93.6 cm³/mol. The van der Waals surface area contributed by atoms with Crippen LogP contribution in [0.4, 0.5) is 0 Å². The molecule has 4 nitrogen and oxygen atoms in total. The highest BCUT2D eigenvalue weighted by molar-refractivity contribution is 7.89. The van der Waals surface area contributed by atoms with Crippen molar-refractivity contribution in [3.05, 3.63) is 29.3 Å². The van der Waals surface area contributed by atoms with Crippen LogP contribution in [-0.2, 0) is 22.9 Å². The second kappa shape index (κ2) is 6.71. The van der Waals surface area contributed by atoms with E-state index >= 15 is 0 Å². The zero-order chi connectivity index (χ0) is 15.2. The highest BCUT2D eigenvalue weighted by Gasteiger charge is 2.37. The predicted octanol–water partition coefficient (Wildman–Crippen LogP) is 2.22. The first-order valence-corrected chi connectivity index (χ1v) is 9.91. The number of rotatable bonds is 2. The van der Waals surface area contributed by atoms with Crippen LogP contribution in [0.1, 0.15) is 30.4 Å². The minimum absolute atomic E-state index is 0. The van der Waals surface area contributed by atoms with Gasteiger partial charge < -0.3 is 5.32 Å². The van der Waals surface area contributed by atoms with Crippen LogP contribution < -0.4 is 5.32 Å². The van der Waals surface area contributed by atoms with Crippen molar-refractivity contribution >= 4 is 22.4 Å². The van der Waals surface area contributed by atoms with Gasteiger partial charge in [-0.2, -0.15) is 4.31 Å². The number of benzene rings is 1. The van der Waals surface area contributed by atoms with Crippen LogP contribution in [-0.4, -0.2) is 38.9 Å². The first kappa shape index (κ1) is 17.2. The van der Waals surface area contributed by atoms with E-state index < -0.39 is 10.0 Å². The lowest BCUT2D eigenvalue weighted by molar-refractivity contribution is 0.228. The van der Waals surface area contributed by atoms with Gasteiger partial charge in [0, 0.05) is 13.1 Å². The second-order valence-electron chi connectivity index (χ2n) is 6.97. The number of halogens is 1. The zero-order valence-electron chi connectivity index (χ0n) is 13.3. The van der Waals surface area contributed by atoms with Gasteiger partial charge in [-0.15, -0.1) is 12.4 Å². The zero-order valence-corrected chi connectivity index (χ0v) is 15.0. The number of nitrogens with zero attached hydrogens (tertiary/aromatic N) is 1. The Morgan fingerprint density at radius 1 is 1.04 bits per heavy atom. The van der Waals surface area contributed by atoms with Crippen molar-refractivity contribution in [3.8, 4) is 0 Å². The SMILES string of the molecule is Cl.O=S(=O)(c1ccc2c(c1)CCCC2)N1CCC2CNCC2C1. The van der Waals surface area contributed by atoms with Crippen molar-refractivity contribution in [3.63, 3.8) is 0 Å². The molecule has 0 amide bonds. The average Bonchev–Trinajstić information content (AvgIpc) is 3.02. The Kier molecular flexibility index (Phi) is 5.02. The average molecular weight is 357 g/mol. The molecule has 2 atom stereocenters. The van der Waals surface area contributed by atoms with Gasteiger partial charge in [0.1, 0.15) is 0 Å². The molecule has 3 aliphatic rings. The number of hydrogen-bond acceptors (Lipinski definition) is 3. The normalized spacial score (nSPS) is 27.8. The van der Waals surface area contributed by atoms with Crippen LogP contribution >= 0.6 is 12.4 Å². The van der Waals surface area contributed by atoms with Gasteiger partial charge in [-0.1, -0.05) is 6.07 Å². The largest absolute Gasteiger partial charge is 0.316 e. The molecule has 2 heterocycles. The van der Waals surface area contributed by atoms with Crippen molar-refractivity contribution in [1.29, 1.82) is 0 Å². The van der Waals surface area contributed by atoms with Gasteiger partial charge in [0.2, 0.25) is 10.0 Å². The molecule has 6 heteroatoms. The van der Waals surface area contributed by atoms with E-state index in [1.807, 2.05) is 18.2 Å². The third kappa shape index (κ3) is 3.16. The first-order valence-electron chi connectivity index (χ1n) is 8.47. The Morgan fingerprint density at radius 3 is 2.61 bits per heavy atom. The van der Waals surface area contributed by atoms with Crippen molar-refractivity contribution in [2.45, 2.75) is 37.0 Å². The molecule has 0 spiro atoms. The highest BCUT2D eigenvalue weighted by atomic mass is 35.5. The molecule has 2 aliphatic heterocycles. The Bertz CT molecular complexity index is 677. The maximum absolute atomic E-state index is 13.0. The van der Waals surface area contributed by atoms with E-state index in [9.17, 15) is 8.42 Å². The summed E-state index contributed by atoms with van der Waals surface area (Å²) < 4.78 is 27.6. The van der Waals surface area contributed by atoms with E-state index in [0.717, 1.165) is 32.4 Å². The Balaban J connectivity index is 0.00000156. The smallest absolute Gasteiger partial charge is 0.243 e. The van der Waals surface area contributed by atoms with Gasteiger partial charge in [0.05, 0.1) is 4.90 Å². The standard InChI is InChI=1S/C17H24N2O2S.ClH/c20-22(21,19-8-7-15-10-18-11-16(15)12-19)17-6-5-13-3-1-2-4-14(13)9-17;/h5-6,9,15-16,18H,1-4,7-8,10-12H2;1H. The highest BCUT2D eigenvalue weighted by Crippen LogP contribution is 2.31. The van der Waals surface area contributed by atoms with E-state index in [1.165, 1.54) is 24.0 Å². The summed E-state index contributed by atoms with van der Waals surface area (Å²) in [6, 6.07) is 5.78. The molecule has 0 saturated carbocycles. The first-order chi connectivity index (χ1) is 10.6. The van der Waals surface area contributed by atoms with Crippen molar-refractivity contribution in [2.75, 3.05) is 26.2 Å². The number of hydrogen-bond donors (Lipinski definition) is 1. The molecule has 1 N–H and O–H groups in total. The Hall–Kier alpha value is -0.620. The molecular formula is C17H25ClN2O2S. The van der Waals surface area contributed by atoms with Crippen molar-refractivity contribution < 1.29 is 8.42 Å². The van der Waals surface area contributed by atoms with Gasteiger partial charge in [-0.25, -0.2) is 8.42 Å². The Morgan fingerprint density at radius 2 is 1.78 bits per heavy atom. The summed E-state index contributed by atoms with van der Waals surface area (Å²) in [5.74, 6) is 1.15. The van der Waals surface area contributed by atoms with E-state index in [4.69, 9.17) is 0 Å². The fourth-order valence-corrected chi connectivity index (χ4v) is 5.80. The molecule has 0 radical (unpaired) electrons. The lowest BCUT2D eigenvalue weighted by Gasteiger charge is -2.33. The van der Waals surface area contributed by atoms with Gasteiger partial charge >= 0.3 is 0 Å². The summed E-state index contributed by atoms with van der Waals surface area (Å²) in [7, 11) is -3.33. The van der Waals surface area contributed by atoms with Gasteiger partial charge in [0.25, 0.3) is 0 Å². The molecule has 2 fully saturated rings. The van der Waals surface area contributed by atoms with Crippen LogP contribution in [0.25, 0.3) is 0 Å².